The number of hydrogen-bond donors (Lipinski definition) is 1. The fraction of sp³-hybridized carbons (Fsp3) is 0.625. The zero-order chi connectivity index (χ0) is 15.5. The molecule has 0 aliphatic heterocycles. The highest BCUT2D eigenvalue weighted by molar-refractivity contribution is 7.89. The first-order chi connectivity index (χ1) is 9.81. The van der Waals surface area contributed by atoms with Gasteiger partial charge in [-0.3, -0.25) is 0 Å². The van der Waals surface area contributed by atoms with Crippen molar-refractivity contribution in [1.29, 1.82) is 0 Å². The zero-order valence-corrected chi connectivity index (χ0v) is 13.7. The molecule has 1 aromatic rings. The van der Waals surface area contributed by atoms with E-state index in [1.807, 2.05) is 32.0 Å². The molecule has 0 unspecified atom stereocenters. The smallest absolute Gasteiger partial charge is 0.209 e. The minimum Gasteiger partial charge on any atom is -0.492 e. The molecule has 118 valence electrons. The molecule has 0 atom stereocenters. The van der Waals surface area contributed by atoms with E-state index in [1.54, 1.807) is 0 Å². The molecule has 1 aliphatic rings. The molecule has 5 heteroatoms. The molecule has 4 nitrogen and oxygen atoms in total. The molecule has 0 radical (unpaired) electrons. The van der Waals surface area contributed by atoms with E-state index >= 15 is 0 Å². The lowest BCUT2D eigenvalue weighted by Gasteiger charge is -2.36. The molecule has 21 heavy (non-hydrogen) atoms. The molecule has 1 aliphatic carbocycles. The first-order valence-electron chi connectivity index (χ1n) is 7.51. The van der Waals surface area contributed by atoms with Crippen LogP contribution in [0.25, 0.3) is 0 Å². The zero-order valence-electron chi connectivity index (χ0n) is 12.9. The summed E-state index contributed by atoms with van der Waals surface area (Å²) in [5.74, 6) is 0.891. The minimum absolute atomic E-state index is 0.0188. The van der Waals surface area contributed by atoms with Gasteiger partial charge in [0.25, 0.3) is 0 Å². The van der Waals surface area contributed by atoms with E-state index in [0.29, 0.717) is 6.61 Å². The number of para-hydroxylation sites is 1. The average Bonchev–Trinajstić information content (AvgIpc) is 2.37. The molecule has 1 saturated carbocycles. The summed E-state index contributed by atoms with van der Waals surface area (Å²) in [7, 11) is -3.49. The Hall–Kier alpha value is -1.07. The highest BCUT2D eigenvalue weighted by Crippen LogP contribution is 2.38. The highest BCUT2D eigenvalue weighted by Gasteiger charge is 2.36. The normalized spacial score (nSPS) is 18.4. The second kappa shape index (κ2) is 6.36. The van der Waals surface area contributed by atoms with Crippen molar-refractivity contribution < 1.29 is 13.2 Å². The standard InChI is InChI=1S/C16H25NO3S/c1-13-7-6-8-14(2)15(13)20-11-16(12-21(17,18)19)9-4-3-5-10-16/h6-8H,3-5,9-12H2,1-2H3,(H2,17,18,19). The predicted molar refractivity (Wildman–Crippen MR) is 84.9 cm³/mol. The molecule has 0 spiro atoms. The lowest BCUT2D eigenvalue weighted by molar-refractivity contribution is 0.117. The number of hydrogen-bond acceptors (Lipinski definition) is 3. The molecule has 2 rings (SSSR count). The Morgan fingerprint density at radius 2 is 1.71 bits per heavy atom. The van der Waals surface area contributed by atoms with Crippen molar-refractivity contribution in [3.63, 3.8) is 0 Å². The van der Waals surface area contributed by atoms with Crippen LogP contribution in [-0.4, -0.2) is 20.8 Å². The van der Waals surface area contributed by atoms with Crippen LogP contribution in [0.3, 0.4) is 0 Å². The largest absolute Gasteiger partial charge is 0.492 e. The minimum atomic E-state index is -3.49. The van der Waals surface area contributed by atoms with Crippen LogP contribution in [0.2, 0.25) is 0 Å². The lowest BCUT2D eigenvalue weighted by atomic mass is 9.76. The van der Waals surface area contributed by atoms with Crippen LogP contribution in [0.15, 0.2) is 18.2 Å². The second-order valence-corrected chi connectivity index (χ2v) is 7.99. The van der Waals surface area contributed by atoms with Gasteiger partial charge in [0.1, 0.15) is 5.75 Å². The first-order valence-corrected chi connectivity index (χ1v) is 9.22. The van der Waals surface area contributed by atoms with Crippen LogP contribution in [0, 0.1) is 19.3 Å². The summed E-state index contributed by atoms with van der Waals surface area (Å²) in [5.41, 5.74) is 1.83. The summed E-state index contributed by atoms with van der Waals surface area (Å²) in [5, 5.41) is 5.30. The van der Waals surface area contributed by atoms with Crippen LogP contribution < -0.4 is 9.88 Å². The molecular weight excluding hydrogens is 286 g/mol. The fourth-order valence-corrected chi connectivity index (χ4v) is 4.54. The van der Waals surface area contributed by atoms with Crippen molar-refractivity contribution in [3.8, 4) is 5.75 Å². The van der Waals surface area contributed by atoms with E-state index in [1.165, 1.54) is 0 Å². The van der Waals surface area contributed by atoms with Gasteiger partial charge in [-0.15, -0.1) is 0 Å². The van der Waals surface area contributed by atoms with Crippen LogP contribution >= 0.6 is 0 Å². The summed E-state index contributed by atoms with van der Waals surface area (Å²) in [4.78, 5) is 0. The lowest BCUT2D eigenvalue weighted by Crippen LogP contribution is -2.40. The molecule has 2 N–H and O–H groups in total. The summed E-state index contributed by atoms with van der Waals surface area (Å²) in [6.07, 6.45) is 5.00. The Labute approximate surface area is 127 Å². The van der Waals surface area contributed by atoms with Crippen LogP contribution in [0.5, 0.6) is 5.75 Å². The summed E-state index contributed by atoms with van der Waals surface area (Å²) in [6.45, 7) is 4.44. The third-order valence-corrected chi connectivity index (χ3v) is 5.37. The number of benzene rings is 1. The molecule has 1 fully saturated rings. The molecule has 0 heterocycles. The van der Waals surface area contributed by atoms with E-state index < -0.39 is 10.0 Å². The van der Waals surface area contributed by atoms with Crippen LogP contribution in [-0.2, 0) is 10.0 Å². The summed E-state index contributed by atoms with van der Waals surface area (Å²) >= 11 is 0. The molecule has 0 aromatic heterocycles. The Morgan fingerprint density at radius 3 is 2.24 bits per heavy atom. The Morgan fingerprint density at radius 1 is 1.14 bits per heavy atom. The topological polar surface area (TPSA) is 69.4 Å². The highest BCUT2D eigenvalue weighted by atomic mass is 32.2. The summed E-state index contributed by atoms with van der Waals surface area (Å²) < 4.78 is 29.2. The number of sulfonamides is 1. The van der Waals surface area contributed by atoms with Crippen molar-refractivity contribution in [2.75, 3.05) is 12.4 Å². The monoisotopic (exact) mass is 311 g/mol. The van der Waals surface area contributed by atoms with Gasteiger partial charge in [-0.1, -0.05) is 37.5 Å². The van der Waals surface area contributed by atoms with Gasteiger partial charge in [0.15, 0.2) is 0 Å². The van der Waals surface area contributed by atoms with E-state index in [4.69, 9.17) is 9.88 Å². The molecule has 0 saturated heterocycles. The quantitative estimate of drug-likeness (QED) is 0.909. The van der Waals surface area contributed by atoms with E-state index in [0.717, 1.165) is 49.0 Å². The molecule has 1 aromatic carbocycles. The molecule has 0 amide bonds. The third-order valence-electron chi connectivity index (χ3n) is 4.35. The van der Waals surface area contributed by atoms with Crippen molar-refractivity contribution >= 4 is 10.0 Å². The van der Waals surface area contributed by atoms with Crippen molar-refractivity contribution in [2.24, 2.45) is 10.6 Å². The third kappa shape index (κ3) is 4.45. The molecule has 0 bridgehead atoms. The van der Waals surface area contributed by atoms with Crippen molar-refractivity contribution in [2.45, 2.75) is 46.0 Å². The number of ether oxygens (including phenoxy) is 1. The number of nitrogens with two attached hydrogens (primary N) is 1. The van der Waals surface area contributed by atoms with Crippen LogP contribution in [0.4, 0.5) is 0 Å². The SMILES string of the molecule is Cc1cccc(C)c1OCC1(CS(N)(=O)=O)CCCCC1. The van der Waals surface area contributed by atoms with Gasteiger partial charge >= 0.3 is 0 Å². The average molecular weight is 311 g/mol. The second-order valence-electron chi connectivity index (χ2n) is 6.38. The maximum atomic E-state index is 11.6. The Balaban J connectivity index is 2.16. The summed E-state index contributed by atoms with van der Waals surface area (Å²) in [6, 6.07) is 6.02. The Bertz CT molecular complexity index is 569. The first kappa shape index (κ1) is 16.3. The van der Waals surface area contributed by atoms with E-state index in [9.17, 15) is 8.42 Å². The number of rotatable bonds is 5. The van der Waals surface area contributed by atoms with Gasteiger partial charge in [-0.25, -0.2) is 13.6 Å². The van der Waals surface area contributed by atoms with E-state index in [2.05, 4.69) is 0 Å². The number of aryl methyl sites for hydroxylation is 2. The maximum Gasteiger partial charge on any atom is 0.209 e. The van der Waals surface area contributed by atoms with Gasteiger partial charge < -0.3 is 4.74 Å². The van der Waals surface area contributed by atoms with Gasteiger partial charge in [0.05, 0.1) is 12.4 Å². The maximum absolute atomic E-state index is 11.6. The van der Waals surface area contributed by atoms with Gasteiger partial charge in [0.2, 0.25) is 10.0 Å². The Kier molecular flexibility index (Phi) is 4.94. The number of primary sulfonamides is 1. The fourth-order valence-electron chi connectivity index (χ4n) is 3.31. The predicted octanol–water partition coefficient (Wildman–Crippen LogP) is 2.92. The van der Waals surface area contributed by atoms with Crippen LogP contribution in [0.1, 0.15) is 43.2 Å². The van der Waals surface area contributed by atoms with Crippen molar-refractivity contribution in [1.82, 2.24) is 0 Å². The van der Waals surface area contributed by atoms with E-state index in [-0.39, 0.29) is 11.2 Å². The molecular formula is C16H25NO3S. The van der Waals surface area contributed by atoms with Gasteiger partial charge in [0, 0.05) is 5.41 Å². The van der Waals surface area contributed by atoms with Gasteiger partial charge in [-0.2, -0.15) is 0 Å². The van der Waals surface area contributed by atoms with Gasteiger partial charge in [-0.05, 0) is 37.8 Å². The van der Waals surface area contributed by atoms with Crippen molar-refractivity contribution in [3.05, 3.63) is 29.3 Å².